The predicted molar refractivity (Wildman–Crippen MR) is 83.6 cm³/mol. The van der Waals surface area contributed by atoms with Crippen LogP contribution in [-0.4, -0.2) is 4.98 Å². The van der Waals surface area contributed by atoms with Gasteiger partial charge in [0.1, 0.15) is 0 Å². The van der Waals surface area contributed by atoms with Gasteiger partial charge in [-0.05, 0) is 44.9 Å². The summed E-state index contributed by atoms with van der Waals surface area (Å²) in [5.74, 6) is 0.665. The maximum atomic E-state index is 5.93. The van der Waals surface area contributed by atoms with Gasteiger partial charge in [-0.15, -0.1) is 0 Å². The predicted octanol–water partition coefficient (Wildman–Crippen LogP) is 4.32. The van der Waals surface area contributed by atoms with Crippen LogP contribution < -0.4 is 11.1 Å². The maximum absolute atomic E-state index is 5.93. The SMILES string of the molecule is Nc1cc(Br)cnc1Nc1ccc2ccccc2c1. The van der Waals surface area contributed by atoms with Gasteiger partial charge in [-0.3, -0.25) is 0 Å². The molecule has 94 valence electrons. The molecule has 0 saturated heterocycles. The van der Waals surface area contributed by atoms with Crippen LogP contribution in [0.15, 0.2) is 59.2 Å². The number of fused-ring (bicyclic) bond motifs is 1. The smallest absolute Gasteiger partial charge is 0.153 e. The zero-order chi connectivity index (χ0) is 13.2. The average Bonchev–Trinajstić information content (AvgIpc) is 2.42. The minimum atomic E-state index is 0.613. The Kier molecular flexibility index (Phi) is 3.09. The molecule has 0 aliphatic carbocycles. The average molecular weight is 314 g/mol. The zero-order valence-electron chi connectivity index (χ0n) is 10.1. The fourth-order valence-corrected chi connectivity index (χ4v) is 2.31. The Morgan fingerprint density at radius 3 is 2.58 bits per heavy atom. The second kappa shape index (κ2) is 4.90. The largest absolute Gasteiger partial charge is 0.396 e. The lowest BCUT2D eigenvalue weighted by atomic mass is 10.1. The number of pyridine rings is 1. The van der Waals surface area contributed by atoms with E-state index in [0.717, 1.165) is 10.2 Å². The van der Waals surface area contributed by atoms with E-state index in [-0.39, 0.29) is 0 Å². The summed E-state index contributed by atoms with van der Waals surface area (Å²) in [6.07, 6.45) is 1.72. The molecule has 4 heteroatoms. The number of benzene rings is 2. The molecule has 0 fully saturated rings. The van der Waals surface area contributed by atoms with Gasteiger partial charge in [0.2, 0.25) is 0 Å². The van der Waals surface area contributed by atoms with Crippen LogP contribution in [0.3, 0.4) is 0 Å². The fourth-order valence-electron chi connectivity index (χ4n) is 1.96. The molecule has 3 rings (SSSR count). The Bertz CT molecular complexity index is 740. The van der Waals surface area contributed by atoms with Crippen LogP contribution in [0.1, 0.15) is 0 Å². The Balaban J connectivity index is 1.96. The normalized spacial score (nSPS) is 10.6. The molecule has 0 radical (unpaired) electrons. The molecule has 0 spiro atoms. The van der Waals surface area contributed by atoms with Crippen LogP contribution in [0, 0.1) is 0 Å². The third-order valence-electron chi connectivity index (χ3n) is 2.90. The van der Waals surface area contributed by atoms with Gasteiger partial charge in [-0.1, -0.05) is 30.3 Å². The van der Waals surface area contributed by atoms with Crippen molar-refractivity contribution in [3.05, 3.63) is 59.2 Å². The number of nitrogen functional groups attached to an aromatic ring is 1. The Labute approximate surface area is 119 Å². The molecule has 1 heterocycles. The number of nitrogens with one attached hydrogen (secondary N) is 1. The van der Waals surface area contributed by atoms with Crippen molar-refractivity contribution >= 4 is 43.9 Å². The minimum Gasteiger partial charge on any atom is -0.396 e. The first-order valence-electron chi connectivity index (χ1n) is 5.89. The molecule has 0 bridgehead atoms. The number of nitrogens with two attached hydrogens (primary N) is 1. The molecular formula is C15H12BrN3. The van der Waals surface area contributed by atoms with E-state index >= 15 is 0 Å². The molecule has 0 aliphatic rings. The monoisotopic (exact) mass is 313 g/mol. The summed E-state index contributed by atoms with van der Waals surface area (Å²) >= 11 is 3.34. The van der Waals surface area contributed by atoms with Gasteiger partial charge < -0.3 is 11.1 Å². The Morgan fingerprint density at radius 1 is 1.00 bits per heavy atom. The number of rotatable bonds is 2. The van der Waals surface area contributed by atoms with E-state index in [0.29, 0.717) is 11.5 Å². The Morgan fingerprint density at radius 2 is 1.79 bits per heavy atom. The summed E-state index contributed by atoms with van der Waals surface area (Å²) in [5, 5.41) is 5.63. The van der Waals surface area contributed by atoms with Gasteiger partial charge in [0, 0.05) is 16.4 Å². The van der Waals surface area contributed by atoms with Crippen LogP contribution in [0.4, 0.5) is 17.2 Å². The van der Waals surface area contributed by atoms with E-state index in [2.05, 4.69) is 50.5 Å². The molecule has 3 aromatic rings. The molecule has 3 nitrogen and oxygen atoms in total. The van der Waals surface area contributed by atoms with Crippen molar-refractivity contribution in [3.63, 3.8) is 0 Å². The van der Waals surface area contributed by atoms with Gasteiger partial charge in [-0.25, -0.2) is 4.98 Å². The van der Waals surface area contributed by atoms with Crippen molar-refractivity contribution in [1.82, 2.24) is 4.98 Å². The molecule has 2 aromatic carbocycles. The molecule has 0 saturated carbocycles. The summed E-state index contributed by atoms with van der Waals surface area (Å²) in [4.78, 5) is 4.27. The highest BCUT2D eigenvalue weighted by molar-refractivity contribution is 9.10. The van der Waals surface area contributed by atoms with Gasteiger partial charge in [0.05, 0.1) is 5.69 Å². The highest BCUT2D eigenvalue weighted by Crippen LogP contribution is 2.25. The maximum Gasteiger partial charge on any atom is 0.153 e. The fraction of sp³-hybridized carbons (Fsp3) is 0. The number of nitrogens with zero attached hydrogens (tertiary/aromatic N) is 1. The summed E-state index contributed by atoms with van der Waals surface area (Å²) in [5.41, 5.74) is 7.51. The lowest BCUT2D eigenvalue weighted by Gasteiger charge is -2.09. The van der Waals surface area contributed by atoms with E-state index in [1.54, 1.807) is 6.20 Å². The summed E-state index contributed by atoms with van der Waals surface area (Å²) in [6.45, 7) is 0. The first-order valence-corrected chi connectivity index (χ1v) is 6.68. The molecule has 0 unspecified atom stereocenters. The molecule has 19 heavy (non-hydrogen) atoms. The number of anilines is 3. The van der Waals surface area contributed by atoms with Crippen molar-refractivity contribution in [2.75, 3.05) is 11.1 Å². The zero-order valence-corrected chi connectivity index (χ0v) is 11.7. The van der Waals surface area contributed by atoms with Gasteiger partial charge >= 0.3 is 0 Å². The van der Waals surface area contributed by atoms with Crippen LogP contribution in [-0.2, 0) is 0 Å². The van der Waals surface area contributed by atoms with Crippen LogP contribution >= 0.6 is 15.9 Å². The first kappa shape index (κ1) is 12.0. The third kappa shape index (κ3) is 2.53. The molecule has 0 amide bonds. The van der Waals surface area contributed by atoms with Crippen molar-refractivity contribution in [2.24, 2.45) is 0 Å². The second-order valence-corrected chi connectivity index (χ2v) is 5.19. The highest BCUT2D eigenvalue weighted by Gasteiger charge is 2.02. The van der Waals surface area contributed by atoms with Crippen LogP contribution in [0.25, 0.3) is 10.8 Å². The van der Waals surface area contributed by atoms with E-state index in [4.69, 9.17) is 5.73 Å². The first-order chi connectivity index (χ1) is 9.22. The lowest BCUT2D eigenvalue weighted by Crippen LogP contribution is -1.98. The van der Waals surface area contributed by atoms with Gasteiger partial charge in [0.15, 0.2) is 5.82 Å². The Hall–Kier alpha value is -2.07. The summed E-state index contributed by atoms with van der Waals surface area (Å²) in [6, 6.07) is 16.2. The second-order valence-electron chi connectivity index (χ2n) is 4.28. The number of aromatic nitrogens is 1. The van der Waals surface area contributed by atoms with Gasteiger partial charge in [-0.2, -0.15) is 0 Å². The van der Waals surface area contributed by atoms with E-state index in [1.165, 1.54) is 10.8 Å². The number of hydrogen-bond donors (Lipinski definition) is 2. The minimum absolute atomic E-state index is 0.613. The van der Waals surface area contributed by atoms with E-state index < -0.39 is 0 Å². The molecule has 3 N–H and O–H groups in total. The summed E-state index contributed by atoms with van der Waals surface area (Å²) in [7, 11) is 0. The van der Waals surface area contributed by atoms with Crippen molar-refractivity contribution < 1.29 is 0 Å². The number of halogens is 1. The van der Waals surface area contributed by atoms with Gasteiger partial charge in [0.25, 0.3) is 0 Å². The topological polar surface area (TPSA) is 50.9 Å². The summed E-state index contributed by atoms with van der Waals surface area (Å²) < 4.78 is 0.870. The van der Waals surface area contributed by atoms with Crippen molar-refractivity contribution in [2.45, 2.75) is 0 Å². The van der Waals surface area contributed by atoms with Crippen molar-refractivity contribution in [3.8, 4) is 0 Å². The van der Waals surface area contributed by atoms with Crippen molar-refractivity contribution in [1.29, 1.82) is 0 Å². The number of hydrogen-bond acceptors (Lipinski definition) is 3. The molecule has 0 atom stereocenters. The molecule has 0 aliphatic heterocycles. The van der Waals surface area contributed by atoms with Crippen LogP contribution in [0.2, 0.25) is 0 Å². The third-order valence-corrected chi connectivity index (χ3v) is 3.33. The van der Waals surface area contributed by atoms with Crippen LogP contribution in [0.5, 0.6) is 0 Å². The standard InChI is InChI=1S/C15H12BrN3/c16-12-8-14(17)15(18-9-12)19-13-6-5-10-3-1-2-4-11(10)7-13/h1-9H,17H2,(H,18,19). The molecule has 1 aromatic heterocycles. The lowest BCUT2D eigenvalue weighted by molar-refractivity contribution is 1.30. The quantitative estimate of drug-likeness (QED) is 0.740. The van der Waals surface area contributed by atoms with E-state index in [9.17, 15) is 0 Å². The highest BCUT2D eigenvalue weighted by atomic mass is 79.9. The molecular weight excluding hydrogens is 302 g/mol. The van der Waals surface area contributed by atoms with E-state index in [1.807, 2.05) is 24.3 Å².